The lowest BCUT2D eigenvalue weighted by molar-refractivity contribution is 0.0923. The molecule has 1 aromatic carbocycles. The van der Waals surface area contributed by atoms with Crippen molar-refractivity contribution >= 4 is 11.7 Å². The summed E-state index contributed by atoms with van der Waals surface area (Å²) in [7, 11) is 0. The molecule has 4 nitrogen and oxygen atoms in total. The molecule has 0 unspecified atom stereocenters. The van der Waals surface area contributed by atoms with E-state index in [1.165, 1.54) is 0 Å². The molecule has 0 spiro atoms. The molecule has 0 heterocycles. The van der Waals surface area contributed by atoms with Crippen LogP contribution in [0.15, 0.2) is 24.3 Å². The number of Topliss-reactive ketones (excluding diaryl/α,β-unsaturated/α-hetero) is 1. The number of carbonyl (C=O) groups excluding carboxylic acids is 2. The Morgan fingerprint density at radius 3 is 2.20 bits per heavy atom. The summed E-state index contributed by atoms with van der Waals surface area (Å²) in [6, 6.07) is 7.37. The van der Waals surface area contributed by atoms with Gasteiger partial charge in [0.25, 0.3) is 5.91 Å². The molecular weight excluding hydrogens is 252 g/mol. The van der Waals surface area contributed by atoms with Gasteiger partial charge in [0.2, 0.25) is 0 Å². The molecule has 0 aromatic heterocycles. The fourth-order valence-electron chi connectivity index (χ4n) is 2.54. The normalized spacial score (nSPS) is 22.3. The largest absolute Gasteiger partial charge is 0.349 e. The Morgan fingerprint density at radius 1 is 1.10 bits per heavy atom. The van der Waals surface area contributed by atoms with Crippen LogP contribution in [0.1, 0.15) is 59.7 Å². The van der Waals surface area contributed by atoms with Crippen LogP contribution in [0.3, 0.4) is 0 Å². The predicted molar refractivity (Wildman–Crippen MR) is 78.8 cm³/mol. The smallest absolute Gasteiger partial charge is 0.251 e. The molecule has 108 valence electrons. The first kappa shape index (κ1) is 14.7. The maximum absolute atomic E-state index is 12.1. The van der Waals surface area contributed by atoms with Crippen molar-refractivity contribution in [2.75, 3.05) is 0 Å². The number of carbonyl (C=O) groups is 2. The Labute approximate surface area is 119 Å². The number of rotatable bonds is 4. The summed E-state index contributed by atoms with van der Waals surface area (Å²) in [6.07, 6.45) is 4.30. The van der Waals surface area contributed by atoms with E-state index in [0.717, 1.165) is 25.7 Å². The van der Waals surface area contributed by atoms with Crippen molar-refractivity contribution in [2.45, 2.75) is 51.1 Å². The summed E-state index contributed by atoms with van der Waals surface area (Å²) in [5.41, 5.74) is 7.12. The molecule has 0 saturated heterocycles. The number of amides is 1. The van der Waals surface area contributed by atoms with Crippen LogP contribution < -0.4 is 11.1 Å². The van der Waals surface area contributed by atoms with E-state index in [1.807, 2.05) is 6.92 Å². The molecule has 0 radical (unpaired) electrons. The van der Waals surface area contributed by atoms with E-state index in [4.69, 9.17) is 5.73 Å². The minimum Gasteiger partial charge on any atom is -0.349 e. The Morgan fingerprint density at radius 2 is 1.65 bits per heavy atom. The van der Waals surface area contributed by atoms with Crippen LogP contribution in [0.25, 0.3) is 0 Å². The third-order valence-corrected chi connectivity index (χ3v) is 3.90. The van der Waals surface area contributed by atoms with Crippen molar-refractivity contribution in [3.8, 4) is 0 Å². The first-order chi connectivity index (χ1) is 9.60. The minimum atomic E-state index is -0.0685. The lowest BCUT2D eigenvalue weighted by Gasteiger charge is -2.26. The molecule has 0 atom stereocenters. The van der Waals surface area contributed by atoms with Crippen LogP contribution in [0.5, 0.6) is 0 Å². The third kappa shape index (κ3) is 3.67. The molecule has 1 aliphatic rings. The van der Waals surface area contributed by atoms with Gasteiger partial charge in [0.05, 0.1) is 0 Å². The van der Waals surface area contributed by atoms with Gasteiger partial charge in [-0.3, -0.25) is 9.59 Å². The highest BCUT2D eigenvalue weighted by molar-refractivity contribution is 5.98. The lowest BCUT2D eigenvalue weighted by Crippen LogP contribution is -2.40. The van der Waals surface area contributed by atoms with Crippen LogP contribution >= 0.6 is 0 Å². The Bertz CT molecular complexity index is 474. The summed E-state index contributed by atoms with van der Waals surface area (Å²) in [6.45, 7) is 1.83. The zero-order chi connectivity index (χ0) is 14.5. The number of nitrogens with two attached hydrogens (primary N) is 1. The fourth-order valence-corrected chi connectivity index (χ4v) is 2.54. The van der Waals surface area contributed by atoms with Crippen LogP contribution in [-0.2, 0) is 0 Å². The van der Waals surface area contributed by atoms with Crippen LogP contribution in [0.4, 0.5) is 0 Å². The van der Waals surface area contributed by atoms with E-state index in [2.05, 4.69) is 5.32 Å². The van der Waals surface area contributed by atoms with Crippen molar-refractivity contribution in [1.29, 1.82) is 0 Å². The van der Waals surface area contributed by atoms with Crippen molar-refractivity contribution in [1.82, 2.24) is 5.32 Å². The fraction of sp³-hybridized carbons (Fsp3) is 0.500. The second kappa shape index (κ2) is 6.66. The zero-order valence-corrected chi connectivity index (χ0v) is 11.9. The lowest BCUT2D eigenvalue weighted by atomic mass is 9.91. The average molecular weight is 274 g/mol. The topological polar surface area (TPSA) is 72.2 Å². The van der Waals surface area contributed by atoms with E-state index in [1.54, 1.807) is 24.3 Å². The number of ketones is 1. The highest BCUT2D eigenvalue weighted by atomic mass is 16.1. The molecule has 1 aliphatic carbocycles. The van der Waals surface area contributed by atoms with Gasteiger partial charge in [0, 0.05) is 29.6 Å². The van der Waals surface area contributed by atoms with Crippen molar-refractivity contribution in [2.24, 2.45) is 5.73 Å². The number of hydrogen-bond donors (Lipinski definition) is 2. The quantitative estimate of drug-likeness (QED) is 0.827. The van der Waals surface area contributed by atoms with Gasteiger partial charge in [-0.15, -0.1) is 0 Å². The molecule has 1 saturated carbocycles. The molecule has 1 fully saturated rings. The van der Waals surface area contributed by atoms with Crippen molar-refractivity contribution in [3.63, 3.8) is 0 Å². The molecular formula is C16H22N2O2. The van der Waals surface area contributed by atoms with Gasteiger partial charge in [-0.2, -0.15) is 0 Å². The molecule has 1 amide bonds. The zero-order valence-electron chi connectivity index (χ0n) is 11.9. The summed E-state index contributed by atoms with van der Waals surface area (Å²) in [5, 5.41) is 3.04. The Kier molecular flexibility index (Phi) is 4.90. The molecule has 2 rings (SSSR count). The van der Waals surface area contributed by atoms with Gasteiger partial charge in [-0.1, -0.05) is 19.1 Å². The maximum atomic E-state index is 12.1. The number of nitrogens with one attached hydrogen (secondary N) is 1. The van der Waals surface area contributed by atoms with Crippen LogP contribution in [0, 0.1) is 0 Å². The standard InChI is InChI=1S/C16H22N2O2/c1-2-15(19)11-3-5-12(6-4-11)16(20)18-14-9-7-13(17)8-10-14/h3-6,13-14H,2,7-10,17H2,1H3,(H,18,20). The van der Waals surface area contributed by atoms with Crippen molar-refractivity contribution in [3.05, 3.63) is 35.4 Å². The van der Waals surface area contributed by atoms with Gasteiger partial charge in [-0.25, -0.2) is 0 Å². The van der Waals surface area contributed by atoms with E-state index >= 15 is 0 Å². The summed E-state index contributed by atoms with van der Waals surface area (Å²) in [5.74, 6) is 0.0270. The van der Waals surface area contributed by atoms with Gasteiger partial charge < -0.3 is 11.1 Å². The first-order valence-electron chi connectivity index (χ1n) is 7.30. The molecule has 3 N–H and O–H groups in total. The molecule has 1 aromatic rings. The second-order valence-electron chi connectivity index (χ2n) is 5.44. The third-order valence-electron chi connectivity index (χ3n) is 3.90. The molecule has 20 heavy (non-hydrogen) atoms. The highest BCUT2D eigenvalue weighted by Gasteiger charge is 2.20. The Hall–Kier alpha value is -1.68. The van der Waals surface area contributed by atoms with E-state index < -0.39 is 0 Å². The molecule has 0 bridgehead atoms. The SMILES string of the molecule is CCC(=O)c1ccc(C(=O)NC2CCC(N)CC2)cc1. The van der Waals surface area contributed by atoms with Crippen LogP contribution in [-0.4, -0.2) is 23.8 Å². The summed E-state index contributed by atoms with van der Waals surface area (Å²) in [4.78, 5) is 23.6. The molecule has 4 heteroatoms. The first-order valence-corrected chi connectivity index (χ1v) is 7.30. The van der Waals surface area contributed by atoms with Gasteiger partial charge in [-0.05, 0) is 37.8 Å². The van der Waals surface area contributed by atoms with E-state index in [-0.39, 0.29) is 23.8 Å². The van der Waals surface area contributed by atoms with Crippen LogP contribution in [0.2, 0.25) is 0 Å². The van der Waals surface area contributed by atoms with Crippen molar-refractivity contribution < 1.29 is 9.59 Å². The second-order valence-corrected chi connectivity index (χ2v) is 5.44. The van der Waals surface area contributed by atoms with E-state index in [9.17, 15) is 9.59 Å². The van der Waals surface area contributed by atoms with E-state index in [0.29, 0.717) is 17.5 Å². The van der Waals surface area contributed by atoms with Gasteiger partial charge in [0.15, 0.2) is 5.78 Å². The minimum absolute atomic E-state index is 0.0685. The highest BCUT2D eigenvalue weighted by Crippen LogP contribution is 2.17. The van der Waals surface area contributed by atoms with Gasteiger partial charge in [0.1, 0.15) is 0 Å². The summed E-state index contributed by atoms with van der Waals surface area (Å²) < 4.78 is 0. The molecule has 0 aliphatic heterocycles. The summed E-state index contributed by atoms with van der Waals surface area (Å²) >= 11 is 0. The number of benzene rings is 1. The monoisotopic (exact) mass is 274 g/mol. The van der Waals surface area contributed by atoms with Gasteiger partial charge >= 0.3 is 0 Å². The average Bonchev–Trinajstić information content (AvgIpc) is 2.49. The maximum Gasteiger partial charge on any atom is 0.251 e. The predicted octanol–water partition coefficient (Wildman–Crippen LogP) is 2.28. The number of hydrogen-bond acceptors (Lipinski definition) is 3. The Balaban J connectivity index is 1.94.